The van der Waals surface area contributed by atoms with Gasteiger partial charge in [0.1, 0.15) is 0 Å². The lowest BCUT2D eigenvalue weighted by molar-refractivity contribution is -0.0134. The van der Waals surface area contributed by atoms with Gasteiger partial charge in [0, 0.05) is 6.04 Å². The highest BCUT2D eigenvalue weighted by atomic mass is 32.1. The molecule has 0 aliphatic carbocycles. The van der Waals surface area contributed by atoms with E-state index in [9.17, 15) is 0 Å². The summed E-state index contributed by atoms with van der Waals surface area (Å²) in [7, 11) is 1.99. The van der Waals surface area contributed by atoms with Gasteiger partial charge in [-0.2, -0.15) is 11.3 Å². The van der Waals surface area contributed by atoms with Gasteiger partial charge in [-0.1, -0.05) is 0 Å². The van der Waals surface area contributed by atoms with Crippen molar-refractivity contribution < 1.29 is 4.74 Å². The standard InChI is InChI=1S/C12H21NOS/c1-12(2,3)14-8-11(13-4)7-10-5-6-15-9-10/h5-6,9,11,13H,7-8H2,1-4H3. The van der Waals surface area contributed by atoms with Crippen LogP contribution in [0.15, 0.2) is 16.8 Å². The van der Waals surface area contributed by atoms with E-state index in [4.69, 9.17) is 4.74 Å². The maximum Gasteiger partial charge on any atom is 0.0629 e. The van der Waals surface area contributed by atoms with Crippen molar-refractivity contribution in [2.45, 2.75) is 38.8 Å². The Morgan fingerprint density at radius 1 is 1.47 bits per heavy atom. The van der Waals surface area contributed by atoms with Crippen molar-refractivity contribution in [1.29, 1.82) is 0 Å². The molecule has 0 aliphatic rings. The Kier molecular flexibility index (Phi) is 4.77. The molecule has 15 heavy (non-hydrogen) atoms. The topological polar surface area (TPSA) is 21.3 Å². The minimum atomic E-state index is -0.0518. The van der Waals surface area contributed by atoms with Gasteiger partial charge in [0.05, 0.1) is 12.2 Å². The molecule has 0 amide bonds. The molecule has 1 atom stereocenters. The summed E-state index contributed by atoms with van der Waals surface area (Å²) in [5.74, 6) is 0. The maximum atomic E-state index is 5.77. The van der Waals surface area contributed by atoms with Crippen molar-refractivity contribution >= 4 is 11.3 Å². The Balaban J connectivity index is 2.36. The zero-order chi connectivity index (χ0) is 11.3. The lowest BCUT2D eigenvalue weighted by atomic mass is 10.1. The van der Waals surface area contributed by atoms with E-state index >= 15 is 0 Å². The van der Waals surface area contributed by atoms with Gasteiger partial charge in [0.15, 0.2) is 0 Å². The van der Waals surface area contributed by atoms with E-state index in [1.54, 1.807) is 11.3 Å². The predicted octanol–water partition coefficient (Wildman–Crippen LogP) is 2.69. The van der Waals surface area contributed by atoms with E-state index in [2.05, 4.69) is 42.9 Å². The van der Waals surface area contributed by atoms with Crippen LogP contribution in [-0.2, 0) is 11.2 Å². The van der Waals surface area contributed by atoms with E-state index in [1.165, 1.54) is 5.56 Å². The first-order valence-corrected chi connectivity index (χ1v) is 6.28. The summed E-state index contributed by atoms with van der Waals surface area (Å²) in [5.41, 5.74) is 1.33. The van der Waals surface area contributed by atoms with Crippen molar-refractivity contribution in [3.05, 3.63) is 22.4 Å². The SMILES string of the molecule is CNC(COC(C)(C)C)Cc1ccsc1. The lowest BCUT2D eigenvalue weighted by Gasteiger charge is -2.24. The normalized spacial score (nSPS) is 14.1. The van der Waals surface area contributed by atoms with E-state index in [0.717, 1.165) is 13.0 Å². The lowest BCUT2D eigenvalue weighted by Crippen LogP contribution is -2.35. The van der Waals surface area contributed by atoms with E-state index in [1.807, 2.05) is 7.05 Å². The zero-order valence-corrected chi connectivity index (χ0v) is 10.9. The molecule has 1 aromatic heterocycles. The largest absolute Gasteiger partial charge is 0.374 e. The molecule has 0 aromatic carbocycles. The Morgan fingerprint density at radius 2 is 2.20 bits per heavy atom. The van der Waals surface area contributed by atoms with Gasteiger partial charge in [-0.15, -0.1) is 0 Å². The van der Waals surface area contributed by atoms with Gasteiger partial charge in [0.2, 0.25) is 0 Å². The Labute approximate surface area is 96.7 Å². The van der Waals surface area contributed by atoms with Gasteiger partial charge < -0.3 is 10.1 Å². The van der Waals surface area contributed by atoms with Crippen molar-refractivity contribution in [3.8, 4) is 0 Å². The van der Waals surface area contributed by atoms with Gasteiger partial charge in [0.25, 0.3) is 0 Å². The fraction of sp³-hybridized carbons (Fsp3) is 0.667. The average molecular weight is 227 g/mol. The third-order valence-electron chi connectivity index (χ3n) is 2.19. The molecular formula is C12H21NOS. The average Bonchev–Trinajstić information content (AvgIpc) is 2.63. The van der Waals surface area contributed by atoms with Crippen molar-refractivity contribution in [2.24, 2.45) is 0 Å². The summed E-state index contributed by atoms with van der Waals surface area (Å²) in [5, 5.41) is 7.61. The van der Waals surface area contributed by atoms with Gasteiger partial charge in [-0.25, -0.2) is 0 Å². The first kappa shape index (κ1) is 12.7. The Hall–Kier alpha value is -0.380. The van der Waals surface area contributed by atoms with Crippen molar-refractivity contribution in [2.75, 3.05) is 13.7 Å². The van der Waals surface area contributed by atoms with E-state index in [-0.39, 0.29) is 5.60 Å². The molecule has 0 saturated carbocycles. The first-order chi connectivity index (χ1) is 7.01. The summed E-state index contributed by atoms with van der Waals surface area (Å²) < 4.78 is 5.77. The minimum Gasteiger partial charge on any atom is -0.374 e. The summed E-state index contributed by atoms with van der Waals surface area (Å²) in [6, 6.07) is 2.57. The summed E-state index contributed by atoms with van der Waals surface area (Å²) >= 11 is 1.75. The van der Waals surface area contributed by atoms with Crippen LogP contribution in [0, 0.1) is 0 Å². The van der Waals surface area contributed by atoms with Crippen LogP contribution < -0.4 is 5.32 Å². The smallest absolute Gasteiger partial charge is 0.0629 e. The van der Waals surface area contributed by atoms with Crippen molar-refractivity contribution in [1.82, 2.24) is 5.32 Å². The number of nitrogens with one attached hydrogen (secondary N) is 1. The molecular weight excluding hydrogens is 206 g/mol. The molecule has 0 saturated heterocycles. The number of hydrogen-bond acceptors (Lipinski definition) is 3. The van der Waals surface area contributed by atoms with Gasteiger partial charge >= 0.3 is 0 Å². The van der Waals surface area contributed by atoms with Crippen LogP contribution in [0.1, 0.15) is 26.3 Å². The molecule has 1 N–H and O–H groups in total. The Bertz CT molecular complexity index is 264. The molecule has 0 aliphatic heterocycles. The molecule has 1 aromatic rings. The second-order valence-electron chi connectivity index (χ2n) is 4.74. The molecule has 0 fully saturated rings. The van der Waals surface area contributed by atoms with Crippen LogP contribution in [-0.4, -0.2) is 25.3 Å². The molecule has 86 valence electrons. The van der Waals surface area contributed by atoms with E-state index in [0.29, 0.717) is 6.04 Å². The molecule has 2 nitrogen and oxygen atoms in total. The molecule has 1 heterocycles. The molecule has 1 rings (SSSR count). The van der Waals surface area contributed by atoms with Gasteiger partial charge in [-0.05, 0) is 56.6 Å². The fourth-order valence-electron chi connectivity index (χ4n) is 1.29. The Morgan fingerprint density at radius 3 is 2.67 bits per heavy atom. The van der Waals surface area contributed by atoms with Gasteiger partial charge in [-0.3, -0.25) is 0 Å². The fourth-order valence-corrected chi connectivity index (χ4v) is 1.97. The molecule has 1 unspecified atom stereocenters. The molecule has 0 radical (unpaired) electrons. The van der Waals surface area contributed by atoms with Crippen molar-refractivity contribution in [3.63, 3.8) is 0 Å². The highest BCUT2D eigenvalue weighted by Crippen LogP contribution is 2.11. The number of thiophene rings is 1. The quantitative estimate of drug-likeness (QED) is 0.835. The first-order valence-electron chi connectivity index (χ1n) is 5.33. The predicted molar refractivity (Wildman–Crippen MR) is 66.6 cm³/mol. The zero-order valence-electron chi connectivity index (χ0n) is 10.0. The van der Waals surface area contributed by atoms with Crippen LogP contribution in [0.4, 0.5) is 0 Å². The van der Waals surface area contributed by atoms with Crippen LogP contribution in [0.5, 0.6) is 0 Å². The second kappa shape index (κ2) is 5.64. The second-order valence-corrected chi connectivity index (χ2v) is 5.52. The minimum absolute atomic E-state index is 0.0518. The number of ether oxygens (including phenoxy) is 1. The molecule has 3 heteroatoms. The third kappa shape index (κ3) is 5.30. The number of hydrogen-bond donors (Lipinski definition) is 1. The molecule has 0 bridgehead atoms. The number of likely N-dealkylation sites (N-methyl/N-ethyl adjacent to an activating group) is 1. The highest BCUT2D eigenvalue weighted by Gasteiger charge is 2.14. The number of rotatable bonds is 5. The summed E-state index contributed by atoms with van der Waals surface area (Å²) in [4.78, 5) is 0. The highest BCUT2D eigenvalue weighted by molar-refractivity contribution is 7.07. The molecule has 0 spiro atoms. The summed E-state index contributed by atoms with van der Waals surface area (Å²) in [6.45, 7) is 7.02. The summed E-state index contributed by atoms with van der Waals surface area (Å²) in [6.07, 6.45) is 1.04. The monoisotopic (exact) mass is 227 g/mol. The third-order valence-corrected chi connectivity index (χ3v) is 2.92. The maximum absolute atomic E-state index is 5.77. The van der Waals surface area contributed by atoms with Crippen LogP contribution in [0.3, 0.4) is 0 Å². The van der Waals surface area contributed by atoms with Crippen LogP contribution in [0.2, 0.25) is 0 Å². The van der Waals surface area contributed by atoms with E-state index < -0.39 is 0 Å². The van der Waals surface area contributed by atoms with Crippen LogP contribution >= 0.6 is 11.3 Å². The van der Waals surface area contributed by atoms with Crippen LogP contribution in [0.25, 0.3) is 0 Å².